The molecule has 0 fully saturated rings. The lowest BCUT2D eigenvalue weighted by Gasteiger charge is -2.32. The number of aryl methyl sites for hydroxylation is 1. The molecular weight excluding hydrogens is 679 g/mol. The van der Waals surface area contributed by atoms with Gasteiger partial charge in [-0.15, -0.1) is 0 Å². The molecule has 0 aromatic heterocycles. The minimum absolute atomic E-state index is 0.0625. The highest BCUT2D eigenvalue weighted by Gasteiger charge is 2.45. The molecule has 11 nitrogen and oxygen atoms in total. The summed E-state index contributed by atoms with van der Waals surface area (Å²) in [5, 5.41) is 19.9. The quantitative estimate of drug-likeness (QED) is 0.123. The Hall–Kier alpha value is -5.24. The van der Waals surface area contributed by atoms with E-state index in [-0.39, 0.29) is 6.42 Å². The fourth-order valence-corrected chi connectivity index (χ4v) is 5.33. The number of halogens is 3. The predicted molar refractivity (Wildman–Crippen MR) is 189 cm³/mol. The number of carbonyl (C=O) groups excluding carboxylic acids is 5. The molecule has 52 heavy (non-hydrogen) atoms. The molecule has 0 aliphatic carbocycles. The van der Waals surface area contributed by atoms with E-state index in [9.17, 15) is 42.3 Å². The molecule has 3 aromatic rings. The van der Waals surface area contributed by atoms with Crippen LogP contribution < -0.4 is 27.0 Å². The average molecular weight is 726 g/mol. The van der Waals surface area contributed by atoms with Gasteiger partial charge >= 0.3 is 6.18 Å². The lowest BCUT2D eigenvalue weighted by molar-refractivity contribution is -0.213. The number of benzene rings is 3. The Morgan fingerprint density at radius 2 is 1.31 bits per heavy atom. The predicted octanol–water partition coefficient (Wildman–Crippen LogP) is 3.79. The van der Waals surface area contributed by atoms with Crippen LogP contribution >= 0.6 is 0 Å². The number of hydrogen-bond donors (Lipinski definition) is 6. The number of hydrogen-bond acceptors (Lipinski definition) is 6. The molecule has 0 spiro atoms. The van der Waals surface area contributed by atoms with E-state index < -0.39 is 84.2 Å². The maximum absolute atomic E-state index is 13.7. The fourth-order valence-electron chi connectivity index (χ4n) is 5.33. The van der Waals surface area contributed by atoms with Gasteiger partial charge < -0.3 is 32.1 Å². The summed E-state index contributed by atoms with van der Waals surface area (Å²) in [5.41, 5.74) is 6.25. The van der Waals surface area contributed by atoms with Crippen LogP contribution in [0.2, 0.25) is 0 Å². The Bertz CT molecular complexity index is 1670. The smallest absolute Gasteiger partial charge is 0.382 e. The third kappa shape index (κ3) is 12.2. The van der Waals surface area contributed by atoms with Crippen LogP contribution in [0, 0.1) is 5.92 Å². The first-order valence-electron chi connectivity index (χ1n) is 16.9. The summed E-state index contributed by atoms with van der Waals surface area (Å²) in [6.45, 7) is 5.92. The van der Waals surface area contributed by atoms with Gasteiger partial charge in [-0.2, -0.15) is 13.2 Å². The van der Waals surface area contributed by atoms with Gasteiger partial charge in [0.05, 0.1) is 6.04 Å². The molecule has 3 rings (SSSR count). The number of nitrogens with two attached hydrogens (primary N) is 1. The van der Waals surface area contributed by atoms with Gasteiger partial charge in [-0.3, -0.25) is 24.0 Å². The molecule has 7 N–H and O–H groups in total. The number of aliphatic hydroxyl groups is 1. The lowest BCUT2D eigenvalue weighted by atomic mass is 9.97. The number of nitrogens with one attached hydrogen (secondary N) is 4. The third-order valence-corrected chi connectivity index (χ3v) is 8.43. The lowest BCUT2D eigenvalue weighted by Crippen LogP contribution is -2.63. The zero-order chi connectivity index (χ0) is 38.6. The van der Waals surface area contributed by atoms with E-state index in [1.54, 1.807) is 50.2 Å². The molecular formula is C38H46F3N5O6. The van der Waals surface area contributed by atoms with Gasteiger partial charge in [0.1, 0.15) is 17.6 Å². The zero-order valence-electron chi connectivity index (χ0n) is 29.5. The second-order valence-electron chi connectivity index (χ2n) is 13.4. The molecule has 0 aliphatic rings. The van der Waals surface area contributed by atoms with Crippen molar-refractivity contribution in [1.29, 1.82) is 0 Å². The number of rotatable bonds is 17. The Balaban J connectivity index is 1.78. The van der Waals surface area contributed by atoms with Crippen LogP contribution in [-0.2, 0) is 25.6 Å². The van der Waals surface area contributed by atoms with Crippen molar-refractivity contribution >= 4 is 29.5 Å². The van der Waals surface area contributed by atoms with Gasteiger partial charge in [-0.05, 0) is 67.9 Å². The summed E-state index contributed by atoms with van der Waals surface area (Å²) in [6.07, 6.45) is -8.90. The number of amides is 5. The van der Waals surface area contributed by atoms with E-state index in [4.69, 9.17) is 5.73 Å². The first-order chi connectivity index (χ1) is 24.4. The van der Waals surface area contributed by atoms with Crippen LogP contribution in [0.1, 0.15) is 62.9 Å². The second kappa shape index (κ2) is 18.3. The van der Waals surface area contributed by atoms with Gasteiger partial charge in [-0.25, -0.2) is 0 Å². The third-order valence-electron chi connectivity index (χ3n) is 8.43. The fraction of sp³-hybridized carbons (Fsp3) is 0.395. The second-order valence-corrected chi connectivity index (χ2v) is 13.4. The van der Waals surface area contributed by atoms with Gasteiger partial charge in [0.25, 0.3) is 5.91 Å². The van der Waals surface area contributed by atoms with E-state index >= 15 is 0 Å². The largest absolute Gasteiger partial charge is 0.416 e. The molecule has 4 atom stereocenters. The van der Waals surface area contributed by atoms with Crippen molar-refractivity contribution in [2.75, 3.05) is 0 Å². The summed E-state index contributed by atoms with van der Waals surface area (Å²) >= 11 is 0. The molecule has 4 unspecified atom stereocenters. The van der Waals surface area contributed by atoms with Crippen molar-refractivity contribution in [1.82, 2.24) is 21.3 Å². The van der Waals surface area contributed by atoms with Crippen molar-refractivity contribution in [2.24, 2.45) is 11.7 Å². The summed E-state index contributed by atoms with van der Waals surface area (Å²) in [7, 11) is 0. The first-order valence-corrected chi connectivity index (χ1v) is 16.9. The first kappa shape index (κ1) is 41.2. The van der Waals surface area contributed by atoms with Crippen LogP contribution in [0.4, 0.5) is 13.2 Å². The topological polar surface area (TPSA) is 180 Å². The normalized spacial score (nSPS) is 14.0. The van der Waals surface area contributed by atoms with E-state index in [0.29, 0.717) is 12.0 Å². The maximum atomic E-state index is 13.7. The average Bonchev–Trinajstić information content (AvgIpc) is 3.10. The van der Waals surface area contributed by atoms with E-state index in [2.05, 4.69) is 21.3 Å². The SMILES string of the molecule is CC(C)C(NC(=O)c1ccc(-c2ccccc2)cc1)C(=O)NC(CCc1ccccc1)C(=O)NC(C)(C)C(=O)NC(CCC(N)=O)C(O)C(F)(F)F. The molecule has 0 heterocycles. The van der Waals surface area contributed by atoms with Crippen molar-refractivity contribution in [3.05, 3.63) is 96.1 Å². The molecule has 0 radical (unpaired) electrons. The highest BCUT2D eigenvalue weighted by molar-refractivity contribution is 5.99. The summed E-state index contributed by atoms with van der Waals surface area (Å²) in [5.74, 6) is -4.43. The van der Waals surface area contributed by atoms with Crippen molar-refractivity contribution in [3.63, 3.8) is 0 Å². The Kier molecular flexibility index (Phi) is 14.5. The highest BCUT2D eigenvalue weighted by Crippen LogP contribution is 2.25. The Labute approximate surface area is 300 Å². The minimum Gasteiger partial charge on any atom is -0.382 e. The van der Waals surface area contributed by atoms with Gasteiger partial charge in [0.2, 0.25) is 23.6 Å². The maximum Gasteiger partial charge on any atom is 0.416 e. The molecule has 3 aromatic carbocycles. The minimum atomic E-state index is -5.12. The van der Waals surface area contributed by atoms with Gasteiger partial charge in [0.15, 0.2) is 6.10 Å². The standard InChI is InChI=1S/C38H46F3N5O6/c1-23(2)31(45-33(49)27-18-16-26(17-19-27)25-13-9-6-10-14-25)35(51)43-29(20-15-24-11-7-5-8-12-24)34(50)46-37(3,4)36(52)44-28(21-22-30(42)47)32(48)38(39,40)41/h5-14,16-19,23,28-29,31-32,48H,15,20-22H2,1-4H3,(H2,42,47)(H,43,51)(H,44,52)(H,45,49)(H,46,50). The van der Waals surface area contributed by atoms with Crippen molar-refractivity contribution < 1.29 is 42.3 Å². The van der Waals surface area contributed by atoms with Crippen LogP contribution in [0.25, 0.3) is 11.1 Å². The molecule has 0 bridgehead atoms. The van der Waals surface area contributed by atoms with Crippen molar-refractivity contribution in [2.45, 2.75) is 89.3 Å². The molecule has 0 saturated heterocycles. The van der Waals surface area contributed by atoms with Crippen LogP contribution in [-0.4, -0.2) is 70.6 Å². The van der Waals surface area contributed by atoms with E-state index in [0.717, 1.165) is 16.7 Å². The van der Waals surface area contributed by atoms with Crippen LogP contribution in [0.3, 0.4) is 0 Å². The van der Waals surface area contributed by atoms with E-state index in [1.807, 2.05) is 48.5 Å². The molecule has 14 heteroatoms. The molecule has 5 amide bonds. The Morgan fingerprint density at radius 1 is 0.750 bits per heavy atom. The highest BCUT2D eigenvalue weighted by atomic mass is 19.4. The van der Waals surface area contributed by atoms with Gasteiger partial charge in [0, 0.05) is 12.0 Å². The van der Waals surface area contributed by atoms with E-state index in [1.165, 1.54) is 13.8 Å². The van der Waals surface area contributed by atoms with Crippen molar-refractivity contribution in [3.8, 4) is 11.1 Å². The number of carbonyl (C=O) groups is 5. The Morgan fingerprint density at radius 3 is 1.85 bits per heavy atom. The molecule has 0 saturated carbocycles. The zero-order valence-corrected chi connectivity index (χ0v) is 29.5. The number of aliphatic hydroxyl groups excluding tert-OH is 1. The number of primary amides is 1. The van der Waals surface area contributed by atoms with Crippen LogP contribution in [0.15, 0.2) is 84.9 Å². The van der Waals surface area contributed by atoms with Gasteiger partial charge in [-0.1, -0.05) is 86.6 Å². The summed E-state index contributed by atoms with van der Waals surface area (Å²) in [4.78, 5) is 65.1. The monoisotopic (exact) mass is 725 g/mol. The number of alkyl halides is 3. The molecule has 0 aliphatic heterocycles. The molecule has 280 valence electrons. The summed E-state index contributed by atoms with van der Waals surface area (Å²) in [6, 6.07) is 21.3. The summed E-state index contributed by atoms with van der Waals surface area (Å²) < 4.78 is 40.1. The van der Waals surface area contributed by atoms with Crippen LogP contribution in [0.5, 0.6) is 0 Å².